The maximum absolute atomic E-state index is 5.98. The Hall–Kier alpha value is -2.01. The lowest BCUT2D eigenvalue weighted by Crippen LogP contribution is -2.17. The molecule has 0 atom stereocenters. The summed E-state index contributed by atoms with van der Waals surface area (Å²) in [4.78, 5) is 4.05. The number of hydrogen-bond acceptors (Lipinski definition) is 3. The van der Waals surface area contributed by atoms with Crippen LogP contribution >= 0.6 is 24.0 Å². The molecular weight excluding hydrogens is 369 g/mol. The van der Waals surface area contributed by atoms with Gasteiger partial charge >= 0.3 is 0 Å². The normalized spacial score (nSPS) is 10.3. The van der Waals surface area contributed by atoms with Crippen LogP contribution in [0.4, 0.5) is 0 Å². The van der Waals surface area contributed by atoms with Gasteiger partial charge in [0.2, 0.25) is 0 Å². The highest BCUT2D eigenvalue weighted by molar-refractivity contribution is 6.30. The van der Waals surface area contributed by atoms with Gasteiger partial charge in [0.15, 0.2) is 0 Å². The SMILES string of the molecule is Cl.Clc1ccc(COc2ccccc2CNCCCn2ccnc2)cc1. The van der Waals surface area contributed by atoms with Gasteiger partial charge in [-0.05, 0) is 36.7 Å². The Balaban J connectivity index is 0.00000243. The minimum Gasteiger partial charge on any atom is -0.489 e. The van der Waals surface area contributed by atoms with Gasteiger partial charge in [-0.1, -0.05) is 41.9 Å². The number of aromatic nitrogens is 2. The van der Waals surface area contributed by atoms with Gasteiger partial charge in [0.25, 0.3) is 0 Å². The molecule has 0 spiro atoms. The van der Waals surface area contributed by atoms with Gasteiger partial charge in [0, 0.05) is 36.1 Å². The number of imidazole rings is 1. The Morgan fingerprint density at radius 3 is 2.65 bits per heavy atom. The smallest absolute Gasteiger partial charge is 0.124 e. The first kappa shape index (κ1) is 20.3. The van der Waals surface area contributed by atoms with E-state index in [0.717, 1.165) is 42.4 Å². The van der Waals surface area contributed by atoms with E-state index in [9.17, 15) is 0 Å². The van der Waals surface area contributed by atoms with E-state index in [2.05, 4.69) is 20.9 Å². The summed E-state index contributed by atoms with van der Waals surface area (Å²) in [5, 5.41) is 4.22. The van der Waals surface area contributed by atoms with Crippen molar-refractivity contribution in [2.45, 2.75) is 26.1 Å². The maximum atomic E-state index is 5.98. The van der Waals surface area contributed by atoms with Crippen molar-refractivity contribution < 1.29 is 4.74 Å². The second-order valence-electron chi connectivity index (χ2n) is 5.85. The molecule has 0 aliphatic carbocycles. The second-order valence-corrected chi connectivity index (χ2v) is 6.29. The van der Waals surface area contributed by atoms with Gasteiger partial charge in [-0.2, -0.15) is 0 Å². The maximum Gasteiger partial charge on any atom is 0.124 e. The lowest BCUT2D eigenvalue weighted by Gasteiger charge is -2.12. The Kier molecular flexibility index (Phi) is 8.48. The van der Waals surface area contributed by atoms with Crippen LogP contribution < -0.4 is 10.1 Å². The number of ether oxygens (including phenoxy) is 1. The van der Waals surface area contributed by atoms with E-state index in [1.807, 2.05) is 61.2 Å². The van der Waals surface area contributed by atoms with Crippen LogP contribution in [0.1, 0.15) is 17.5 Å². The molecule has 26 heavy (non-hydrogen) atoms. The van der Waals surface area contributed by atoms with Crippen molar-refractivity contribution in [2.24, 2.45) is 0 Å². The van der Waals surface area contributed by atoms with Gasteiger partial charge in [-0.3, -0.25) is 0 Å². The van der Waals surface area contributed by atoms with Crippen LogP contribution in [0, 0.1) is 0 Å². The van der Waals surface area contributed by atoms with Crippen molar-refractivity contribution in [1.82, 2.24) is 14.9 Å². The van der Waals surface area contributed by atoms with Crippen molar-refractivity contribution in [3.8, 4) is 5.75 Å². The highest BCUT2D eigenvalue weighted by atomic mass is 35.5. The summed E-state index contributed by atoms with van der Waals surface area (Å²) >= 11 is 5.92. The number of aryl methyl sites for hydroxylation is 1. The molecule has 0 radical (unpaired) electrons. The monoisotopic (exact) mass is 391 g/mol. The quantitative estimate of drug-likeness (QED) is 0.536. The molecule has 0 unspecified atom stereocenters. The lowest BCUT2D eigenvalue weighted by molar-refractivity contribution is 0.302. The summed E-state index contributed by atoms with van der Waals surface area (Å²) < 4.78 is 8.07. The summed E-state index contributed by atoms with van der Waals surface area (Å²) in [7, 11) is 0. The van der Waals surface area contributed by atoms with Gasteiger partial charge < -0.3 is 14.6 Å². The first-order valence-electron chi connectivity index (χ1n) is 8.43. The van der Waals surface area contributed by atoms with Crippen LogP contribution in [0.2, 0.25) is 5.02 Å². The molecule has 3 rings (SSSR count). The van der Waals surface area contributed by atoms with E-state index in [1.54, 1.807) is 0 Å². The molecule has 3 aromatic rings. The molecule has 1 N–H and O–H groups in total. The van der Waals surface area contributed by atoms with Crippen molar-refractivity contribution in [2.75, 3.05) is 6.54 Å². The molecule has 2 aromatic carbocycles. The molecule has 0 aliphatic rings. The van der Waals surface area contributed by atoms with E-state index in [0.29, 0.717) is 6.61 Å². The van der Waals surface area contributed by atoms with E-state index in [-0.39, 0.29) is 12.4 Å². The molecule has 0 bridgehead atoms. The van der Waals surface area contributed by atoms with Crippen LogP contribution in [-0.2, 0) is 19.7 Å². The summed E-state index contributed by atoms with van der Waals surface area (Å²) in [5.74, 6) is 0.916. The largest absolute Gasteiger partial charge is 0.489 e. The Morgan fingerprint density at radius 2 is 1.88 bits per heavy atom. The zero-order valence-corrected chi connectivity index (χ0v) is 16.0. The minimum atomic E-state index is 0. The minimum absolute atomic E-state index is 0. The first-order valence-corrected chi connectivity index (χ1v) is 8.81. The molecule has 0 amide bonds. The standard InChI is InChI=1S/C20H22ClN3O.ClH/c21-19-8-6-17(7-9-19)15-25-20-5-2-1-4-18(20)14-22-10-3-12-24-13-11-23-16-24;/h1-2,4-9,11,13,16,22H,3,10,12,14-15H2;1H. The van der Waals surface area contributed by atoms with Crippen molar-refractivity contribution in [1.29, 1.82) is 0 Å². The van der Waals surface area contributed by atoms with Crippen LogP contribution in [0.25, 0.3) is 0 Å². The number of benzene rings is 2. The van der Waals surface area contributed by atoms with Crippen molar-refractivity contribution in [3.05, 3.63) is 83.4 Å². The van der Waals surface area contributed by atoms with Crippen LogP contribution in [0.15, 0.2) is 67.3 Å². The van der Waals surface area contributed by atoms with Gasteiger partial charge in [0.05, 0.1) is 6.33 Å². The molecule has 6 heteroatoms. The van der Waals surface area contributed by atoms with E-state index in [4.69, 9.17) is 16.3 Å². The Labute approximate surface area is 165 Å². The predicted molar refractivity (Wildman–Crippen MR) is 108 cm³/mol. The van der Waals surface area contributed by atoms with E-state index >= 15 is 0 Å². The van der Waals surface area contributed by atoms with Gasteiger partial charge in [-0.15, -0.1) is 12.4 Å². The topological polar surface area (TPSA) is 39.1 Å². The highest BCUT2D eigenvalue weighted by Gasteiger charge is 2.03. The third kappa shape index (κ3) is 6.37. The van der Waals surface area contributed by atoms with Crippen LogP contribution in [0.5, 0.6) is 5.75 Å². The summed E-state index contributed by atoms with van der Waals surface area (Å²) in [6.07, 6.45) is 6.70. The molecule has 0 fully saturated rings. The first-order chi connectivity index (χ1) is 12.3. The number of para-hydroxylation sites is 1. The fourth-order valence-corrected chi connectivity index (χ4v) is 2.69. The number of nitrogens with zero attached hydrogens (tertiary/aromatic N) is 2. The fourth-order valence-electron chi connectivity index (χ4n) is 2.56. The molecule has 1 heterocycles. The summed E-state index contributed by atoms with van der Waals surface area (Å²) in [6, 6.07) is 15.9. The number of rotatable bonds is 9. The van der Waals surface area contributed by atoms with Gasteiger partial charge in [0.1, 0.15) is 12.4 Å². The summed E-state index contributed by atoms with van der Waals surface area (Å²) in [5.41, 5.74) is 2.27. The average molecular weight is 392 g/mol. The second kappa shape index (κ2) is 10.9. The zero-order chi connectivity index (χ0) is 17.3. The van der Waals surface area contributed by atoms with Gasteiger partial charge in [-0.25, -0.2) is 4.98 Å². The van der Waals surface area contributed by atoms with Crippen molar-refractivity contribution >= 4 is 24.0 Å². The summed E-state index contributed by atoms with van der Waals surface area (Å²) in [6.45, 7) is 3.25. The third-order valence-electron chi connectivity index (χ3n) is 3.92. The fraction of sp³-hybridized carbons (Fsp3) is 0.250. The van der Waals surface area contributed by atoms with Crippen molar-refractivity contribution in [3.63, 3.8) is 0 Å². The molecular formula is C20H23Cl2N3O. The third-order valence-corrected chi connectivity index (χ3v) is 4.18. The predicted octanol–water partition coefficient (Wildman–Crippen LogP) is 4.72. The number of hydrogen-bond donors (Lipinski definition) is 1. The highest BCUT2D eigenvalue weighted by Crippen LogP contribution is 2.20. The molecule has 0 aliphatic heterocycles. The van der Waals surface area contributed by atoms with E-state index < -0.39 is 0 Å². The number of nitrogens with one attached hydrogen (secondary N) is 1. The Morgan fingerprint density at radius 1 is 1.08 bits per heavy atom. The molecule has 138 valence electrons. The van der Waals surface area contributed by atoms with Crippen LogP contribution in [0.3, 0.4) is 0 Å². The molecule has 0 saturated carbocycles. The van der Waals surface area contributed by atoms with Crippen LogP contribution in [-0.4, -0.2) is 16.1 Å². The zero-order valence-electron chi connectivity index (χ0n) is 14.5. The molecule has 1 aromatic heterocycles. The Bertz CT molecular complexity index is 761. The lowest BCUT2D eigenvalue weighted by atomic mass is 10.2. The average Bonchev–Trinajstić information content (AvgIpc) is 3.15. The van der Waals surface area contributed by atoms with E-state index in [1.165, 1.54) is 5.56 Å². The molecule has 0 saturated heterocycles. The molecule has 4 nitrogen and oxygen atoms in total. The number of halogens is 2.